The summed E-state index contributed by atoms with van der Waals surface area (Å²) < 4.78 is 38.3. The number of nitrogens with zero attached hydrogens (tertiary/aromatic N) is 1. The molecule has 1 heterocycles. The first kappa shape index (κ1) is 11.7. The number of alkyl halides is 3. The number of H-pyrrole nitrogens is 1. The van der Waals surface area contributed by atoms with Crippen molar-refractivity contribution in [3.05, 3.63) is 41.7 Å². The van der Waals surface area contributed by atoms with Crippen molar-refractivity contribution in [3.8, 4) is 11.4 Å². The zero-order valence-corrected chi connectivity index (χ0v) is 8.75. The lowest BCUT2D eigenvalue weighted by Crippen LogP contribution is -2.07. The Morgan fingerprint density at radius 3 is 2.53 bits per heavy atom. The smallest absolute Gasteiger partial charge is 0.341 e. The monoisotopic (exact) mass is 241 g/mol. The maximum atomic E-state index is 12.8. The van der Waals surface area contributed by atoms with E-state index in [1.165, 1.54) is 24.4 Å². The molecule has 0 aliphatic carbocycles. The Bertz CT molecular complexity index is 517. The molecule has 1 aromatic carbocycles. The van der Waals surface area contributed by atoms with Gasteiger partial charge in [0.15, 0.2) is 0 Å². The third-order valence-electron chi connectivity index (χ3n) is 2.34. The van der Waals surface area contributed by atoms with Crippen LogP contribution in [-0.4, -0.2) is 9.97 Å². The molecule has 17 heavy (non-hydrogen) atoms. The molecule has 0 amide bonds. The highest BCUT2D eigenvalue weighted by Crippen LogP contribution is 2.35. The molecule has 6 heteroatoms. The fourth-order valence-corrected chi connectivity index (χ4v) is 1.54. The second kappa shape index (κ2) is 4.21. The lowest BCUT2D eigenvalue weighted by molar-refractivity contribution is -0.137. The molecule has 90 valence electrons. The molecule has 0 atom stereocenters. The molecule has 0 spiro atoms. The van der Waals surface area contributed by atoms with E-state index in [4.69, 9.17) is 5.73 Å². The van der Waals surface area contributed by atoms with Gasteiger partial charge >= 0.3 is 6.18 Å². The summed E-state index contributed by atoms with van der Waals surface area (Å²) in [6.07, 6.45) is -2.96. The van der Waals surface area contributed by atoms with Gasteiger partial charge in [-0.3, -0.25) is 0 Å². The Hall–Kier alpha value is -1.82. The summed E-state index contributed by atoms with van der Waals surface area (Å²) in [6.45, 7) is 0.210. The highest BCUT2D eigenvalue weighted by Gasteiger charge is 2.33. The number of hydrogen-bond donors (Lipinski definition) is 2. The van der Waals surface area contributed by atoms with E-state index in [1.54, 1.807) is 0 Å². The van der Waals surface area contributed by atoms with Crippen molar-refractivity contribution in [2.75, 3.05) is 0 Å². The molecule has 2 aromatic rings. The van der Waals surface area contributed by atoms with Gasteiger partial charge in [-0.1, -0.05) is 18.2 Å². The molecule has 0 aliphatic rings. The lowest BCUT2D eigenvalue weighted by atomic mass is 10.1. The summed E-state index contributed by atoms with van der Waals surface area (Å²) in [5.41, 5.74) is 5.28. The Morgan fingerprint density at radius 2 is 1.94 bits per heavy atom. The summed E-state index contributed by atoms with van der Waals surface area (Å²) in [4.78, 5) is 6.65. The van der Waals surface area contributed by atoms with E-state index in [9.17, 15) is 13.2 Å². The summed E-state index contributed by atoms with van der Waals surface area (Å²) in [7, 11) is 0. The van der Waals surface area contributed by atoms with Crippen LogP contribution in [0.2, 0.25) is 0 Å². The van der Waals surface area contributed by atoms with E-state index >= 15 is 0 Å². The number of aromatic nitrogens is 2. The van der Waals surface area contributed by atoms with Gasteiger partial charge in [-0.15, -0.1) is 0 Å². The molecule has 0 bridgehead atoms. The van der Waals surface area contributed by atoms with Crippen molar-refractivity contribution in [2.45, 2.75) is 12.7 Å². The zero-order valence-electron chi connectivity index (χ0n) is 8.75. The van der Waals surface area contributed by atoms with Crippen molar-refractivity contribution in [1.29, 1.82) is 0 Å². The topological polar surface area (TPSA) is 54.7 Å². The molecule has 3 nitrogen and oxygen atoms in total. The van der Waals surface area contributed by atoms with E-state index in [2.05, 4.69) is 9.97 Å². The van der Waals surface area contributed by atoms with E-state index in [0.29, 0.717) is 5.69 Å². The molecular formula is C11H10F3N3. The Morgan fingerprint density at radius 1 is 1.24 bits per heavy atom. The van der Waals surface area contributed by atoms with E-state index in [1.807, 2.05) is 0 Å². The molecule has 0 unspecified atom stereocenters. The van der Waals surface area contributed by atoms with Crippen LogP contribution in [-0.2, 0) is 12.7 Å². The maximum Gasteiger partial charge on any atom is 0.417 e. The second-order valence-electron chi connectivity index (χ2n) is 3.50. The largest absolute Gasteiger partial charge is 0.417 e. The predicted molar refractivity (Wildman–Crippen MR) is 56.9 cm³/mol. The molecule has 1 aromatic heterocycles. The minimum atomic E-state index is -4.40. The van der Waals surface area contributed by atoms with Crippen LogP contribution >= 0.6 is 0 Å². The lowest BCUT2D eigenvalue weighted by Gasteiger charge is -2.10. The van der Waals surface area contributed by atoms with Crippen LogP contribution in [0.1, 0.15) is 11.3 Å². The van der Waals surface area contributed by atoms with Gasteiger partial charge in [0.05, 0.1) is 5.56 Å². The molecule has 3 N–H and O–H groups in total. The van der Waals surface area contributed by atoms with E-state index in [0.717, 1.165) is 6.07 Å². The normalized spacial score (nSPS) is 11.8. The van der Waals surface area contributed by atoms with Crippen LogP contribution in [0.3, 0.4) is 0 Å². The van der Waals surface area contributed by atoms with Crippen LogP contribution in [0.5, 0.6) is 0 Å². The van der Waals surface area contributed by atoms with Gasteiger partial charge in [-0.05, 0) is 6.07 Å². The van der Waals surface area contributed by atoms with Crippen molar-refractivity contribution in [3.63, 3.8) is 0 Å². The van der Waals surface area contributed by atoms with E-state index < -0.39 is 11.7 Å². The minimum Gasteiger partial charge on any atom is -0.341 e. The van der Waals surface area contributed by atoms with Gasteiger partial charge in [-0.25, -0.2) is 4.98 Å². The van der Waals surface area contributed by atoms with Crippen molar-refractivity contribution in [2.24, 2.45) is 5.73 Å². The highest BCUT2D eigenvalue weighted by atomic mass is 19.4. The Labute approximate surface area is 95.5 Å². The second-order valence-corrected chi connectivity index (χ2v) is 3.50. The molecule has 0 aliphatic heterocycles. The summed E-state index contributed by atoms with van der Waals surface area (Å²) in [5.74, 6) is 0.179. The predicted octanol–water partition coefficient (Wildman–Crippen LogP) is 2.55. The van der Waals surface area contributed by atoms with Gasteiger partial charge in [0.1, 0.15) is 5.82 Å². The first-order valence-corrected chi connectivity index (χ1v) is 4.93. The molecule has 0 saturated heterocycles. The molecule has 0 radical (unpaired) electrons. The number of aromatic amines is 1. The van der Waals surface area contributed by atoms with Crippen LogP contribution in [0.15, 0.2) is 30.5 Å². The highest BCUT2D eigenvalue weighted by molar-refractivity contribution is 5.61. The van der Waals surface area contributed by atoms with Gasteiger partial charge in [0, 0.05) is 24.0 Å². The summed E-state index contributed by atoms with van der Waals surface area (Å²) in [6, 6.07) is 5.29. The van der Waals surface area contributed by atoms with Crippen LogP contribution in [0.25, 0.3) is 11.4 Å². The third kappa shape index (κ3) is 2.31. The Balaban J connectivity index is 2.52. The number of hydrogen-bond acceptors (Lipinski definition) is 2. The minimum absolute atomic E-state index is 0.0275. The summed E-state index contributed by atoms with van der Waals surface area (Å²) in [5, 5.41) is 0. The summed E-state index contributed by atoms with van der Waals surface area (Å²) >= 11 is 0. The number of imidazole rings is 1. The van der Waals surface area contributed by atoms with Crippen LogP contribution < -0.4 is 5.73 Å². The number of nitrogens with one attached hydrogen (secondary N) is 1. The van der Waals surface area contributed by atoms with Gasteiger partial charge in [-0.2, -0.15) is 13.2 Å². The zero-order chi connectivity index (χ0) is 12.5. The van der Waals surface area contributed by atoms with Crippen molar-refractivity contribution < 1.29 is 13.2 Å². The number of rotatable bonds is 2. The first-order chi connectivity index (χ1) is 8.02. The molecular weight excluding hydrogens is 231 g/mol. The maximum absolute atomic E-state index is 12.8. The molecule has 0 fully saturated rings. The Kier molecular flexibility index (Phi) is 2.89. The van der Waals surface area contributed by atoms with Gasteiger partial charge in [0.2, 0.25) is 0 Å². The van der Waals surface area contributed by atoms with Crippen molar-refractivity contribution in [1.82, 2.24) is 9.97 Å². The number of benzene rings is 1. The standard InChI is InChI=1S/C11H10F3N3/c12-11(13,14)9-4-2-1-3-8(9)10-16-6-7(5-15)17-10/h1-4,6H,5,15H2,(H,16,17). The van der Waals surface area contributed by atoms with Crippen LogP contribution in [0, 0.1) is 0 Å². The quantitative estimate of drug-likeness (QED) is 0.848. The first-order valence-electron chi connectivity index (χ1n) is 4.93. The molecule has 0 saturated carbocycles. The average molecular weight is 241 g/mol. The molecule has 2 rings (SSSR count). The van der Waals surface area contributed by atoms with Gasteiger partial charge in [0.25, 0.3) is 0 Å². The van der Waals surface area contributed by atoms with Gasteiger partial charge < -0.3 is 10.7 Å². The average Bonchev–Trinajstić information content (AvgIpc) is 2.76. The fraction of sp³-hybridized carbons (Fsp3) is 0.182. The number of halogens is 3. The van der Waals surface area contributed by atoms with Crippen LogP contribution in [0.4, 0.5) is 13.2 Å². The van der Waals surface area contributed by atoms with E-state index in [-0.39, 0.29) is 17.9 Å². The fourth-order valence-electron chi connectivity index (χ4n) is 1.54. The SMILES string of the molecule is NCc1cnc(-c2ccccc2C(F)(F)F)[nH]1. The van der Waals surface area contributed by atoms with Crippen molar-refractivity contribution >= 4 is 0 Å². The third-order valence-corrected chi connectivity index (χ3v) is 2.34. The number of nitrogens with two attached hydrogens (primary N) is 1.